The zero-order valence-electron chi connectivity index (χ0n) is 12.1. The van der Waals surface area contributed by atoms with Crippen molar-refractivity contribution in [1.82, 2.24) is 5.32 Å². The molecule has 0 saturated heterocycles. The summed E-state index contributed by atoms with van der Waals surface area (Å²) < 4.78 is 5.08. The van der Waals surface area contributed by atoms with Crippen LogP contribution in [0.1, 0.15) is 29.7 Å². The summed E-state index contributed by atoms with van der Waals surface area (Å²) in [5.41, 5.74) is 7.04. The predicted octanol–water partition coefficient (Wildman–Crippen LogP) is 3.55. The Morgan fingerprint density at radius 1 is 1.10 bits per heavy atom. The first kappa shape index (κ1) is 13.3. The lowest BCUT2D eigenvalue weighted by atomic mass is 10.0. The molecular weight excluding hydrogens is 246 g/mol. The van der Waals surface area contributed by atoms with Gasteiger partial charge in [0, 0.05) is 19.7 Å². The van der Waals surface area contributed by atoms with E-state index in [2.05, 4.69) is 54.7 Å². The fourth-order valence-corrected chi connectivity index (χ4v) is 2.93. The molecule has 1 N–H and O–H groups in total. The van der Waals surface area contributed by atoms with Crippen molar-refractivity contribution in [1.29, 1.82) is 0 Å². The van der Waals surface area contributed by atoms with Crippen molar-refractivity contribution in [2.24, 2.45) is 0 Å². The van der Waals surface area contributed by atoms with Crippen LogP contribution in [0.3, 0.4) is 0 Å². The van der Waals surface area contributed by atoms with Gasteiger partial charge in [-0.1, -0.05) is 42.5 Å². The van der Waals surface area contributed by atoms with Gasteiger partial charge in [-0.2, -0.15) is 0 Å². The van der Waals surface area contributed by atoms with Crippen molar-refractivity contribution in [3.8, 4) is 11.1 Å². The van der Waals surface area contributed by atoms with Crippen LogP contribution in [0, 0.1) is 0 Å². The van der Waals surface area contributed by atoms with Gasteiger partial charge < -0.3 is 10.1 Å². The zero-order valence-corrected chi connectivity index (χ0v) is 12.1. The molecule has 104 valence electrons. The minimum Gasteiger partial charge on any atom is -0.383 e. The quantitative estimate of drug-likeness (QED) is 0.714. The van der Waals surface area contributed by atoms with Gasteiger partial charge in [-0.15, -0.1) is 0 Å². The number of methoxy groups -OCH3 is 1. The highest BCUT2D eigenvalue weighted by atomic mass is 16.5. The molecule has 0 spiro atoms. The van der Waals surface area contributed by atoms with Gasteiger partial charge in [-0.25, -0.2) is 0 Å². The summed E-state index contributed by atoms with van der Waals surface area (Å²) in [5.74, 6) is 0. The van der Waals surface area contributed by atoms with Gasteiger partial charge in [0.25, 0.3) is 0 Å². The molecule has 2 aromatic rings. The third-order valence-electron chi connectivity index (χ3n) is 4.07. The van der Waals surface area contributed by atoms with Gasteiger partial charge in [0.05, 0.1) is 6.61 Å². The van der Waals surface area contributed by atoms with Crippen molar-refractivity contribution < 1.29 is 4.74 Å². The lowest BCUT2D eigenvalue weighted by Gasteiger charge is -2.15. The first-order valence-electron chi connectivity index (χ1n) is 7.23. The van der Waals surface area contributed by atoms with Crippen molar-refractivity contribution in [2.75, 3.05) is 20.3 Å². The normalized spacial score (nSPS) is 13.9. The third-order valence-corrected chi connectivity index (χ3v) is 4.07. The molecule has 0 heterocycles. The number of nitrogens with one attached hydrogen (secondary N) is 1. The summed E-state index contributed by atoms with van der Waals surface area (Å²) in [6, 6.07) is 15.9. The molecule has 20 heavy (non-hydrogen) atoms. The van der Waals surface area contributed by atoms with E-state index >= 15 is 0 Å². The molecule has 1 unspecified atom stereocenters. The van der Waals surface area contributed by atoms with E-state index < -0.39 is 0 Å². The molecule has 0 fully saturated rings. The Bertz CT molecular complexity index is 606. The van der Waals surface area contributed by atoms with Crippen LogP contribution in [-0.4, -0.2) is 20.3 Å². The summed E-state index contributed by atoms with van der Waals surface area (Å²) in [6.45, 7) is 3.84. The van der Waals surface area contributed by atoms with Gasteiger partial charge in [0.2, 0.25) is 0 Å². The maximum atomic E-state index is 5.08. The summed E-state index contributed by atoms with van der Waals surface area (Å²) >= 11 is 0. The molecule has 0 aliphatic heterocycles. The Morgan fingerprint density at radius 2 is 1.90 bits per heavy atom. The largest absolute Gasteiger partial charge is 0.383 e. The molecule has 0 bridgehead atoms. The highest BCUT2D eigenvalue weighted by molar-refractivity contribution is 5.76. The van der Waals surface area contributed by atoms with Crippen LogP contribution in [-0.2, 0) is 11.2 Å². The second kappa shape index (κ2) is 5.78. The second-order valence-corrected chi connectivity index (χ2v) is 5.42. The van der Waals surface area contributed by atoms with Gasteiger partial charge in [-0.05, 0) is 41.2 Å². The van der Waals surface area contributed by atoms with Crippen molar-refractivity contribution in [2.45, 2.75) is 19.4 Å². The van der Waals surface area contributed by atoms with E-state index in [0.717, 1.165) is 19.6 Å². The fraction of sp³-hybridized carbons (Fsp3) is 0.333. The standard InChI is InChI=1S/C18H21NO/c1-13(19-9-10-20-2)14-7-8-18-16(11-14)12-15-5-3-4-6-17(15)18/h3-8,11,13,19H,9-10,12H2,1-2H3. The van der Waals surface area contributed by atoms with Crippen LogP contribution in [0.5, 0.6) is 0 Å². The van der Waals surface area contributed by atoms with Crippen LogP contribution in [0.2, 0.25) is 0 Å². The number of rotatable bonds is 5. The molecule has 2 heteroatoms. The fourth-order valence-electron chi connectivity index (χ4n) is 2.93. The average Bonchev–Trinajstić information content (AvgIpc) is 2.85. The molecule has 3 rings (SSSR count). The van der Waals surface area contributed by atoms with Crippen LogP contribution >= 0.6 is 0 Å². The Morgan fingerprint density at radius 3 is 2.75 bits per heavy atom. The van der Waals surface area contributed by atoms with E-state index in [4.69, 9.17) is 4.74 Å². The summed E-state index contributed by atoms with van der Waals surface area (Å²) in [4.78, 5) is 0. The van der Waals surface area contributed by atoms with Crippen molar-refractivity contribution in [3.05, 3.63) is 59.2 Å². The van der Waals surface area contributed by atoms with E-state index in [9.17, 15) is 0 Å². The third kappa shape index (κ3) is 2.49. The Labute approximate surface area is 120 Å². The number of fused-ring (bicyclic) bond motifs is 3. The number of hydrogen-bond donors (Lipinski definition) is 1. The van der Waals surface area contributed by atoms with E-state index in [0.29, 0.717) is 6.04 Å². The maximum Gasteiger partial charge on any atom is 0.0587 e. The van der Waals surface area contributed by atoms with E-state index in [-0.39, 0.29) is 0 Å². The monoisotopic (exact) mass is 267 g/mol. The predicted molar refractivity (Wildman–Crippen MR) is 83.0 cm³/mol. The molecule has 2 aromatic carbocycles. The highest BCUT2D eigenvalue weighted by Crippen LogP contribution is 2.37. The molecule has 0 aromatic heterocycles. The summed E-state index contributed by atoms with van der Waals surface area (Å²) in [6.07, 6.45) is 1.06. The molecule has 0 radical (unpaired) electrons. The van der Waals surface area contributed by atoms with Crippen molar-refractivity contribution in [3.63, 3.8) is 0 Å². The van der Waals surface area contributed by atoms with E-state index in [1.807, 2.05) is 0 Å². The van der Waals surface area contributed by atoms with Gasteiger partial charge in [0.15, 0.2) is 0 Å². The van der Waals surface area contributed by atoms with Crippen LogP contribution in [0.15, 0.2) is 42.5 Å². The molecule has 1 atom stereocenters. The lowest BCUT2D eigenvalue weighted by Crippen LogP contribution is -2.22. The maximum absolute atomic E-state index is 5.08. The zero-order chi connectivity index (χ0) is 13.9. The minimum absolute atomic E-state index is 0.360. The highest BCUT2D eigenvalue weighted by Gasteiger charge is 2.18. The second-order valence-electron chi connectivity index (χ2n) is 5.42. The average molecular weight is 267 g/mol. The first-order chi connectivity index (χ1) is 9.79. The Kier molecular flexibility index (Phi) is 3.86. The van der Waals surface area contributed by atoms with Crippen LogP contribution < -0.4 is 5.32 Å². The van der Waals surface area contributed by atoms with Gasteiger partial charge in [0.1, 0.15) is 0 Å². The Hall–Kier alpha value is -1.64. The molecule has 1 aliphatic rings. The van der Waals surface area contributed by atoms with E-state index in [1.165, 1.54) is 27.8 Å². The lowest BCUT2D eigenvalue weighted by molar-refractivity contribution is 0.196. The molecule has 1 aliphatic carbocycles. The molecule has 2 nitrogen and oxygen atoms in total. The van der Waals surface area contributed by atoms with Gasteiger partial charge >= 0.3 is 0 Å². The van der Waals surface area contributed by atoms with Gasteiger partial charge in [-0.3, -0.25) is 0 Å². The SMILES string of the molecule is COCCNC(C)c1ccc2c(c1)Cc1ccccc1-2. The molecule has 0 amide bonds. The first-order valence-corrected chi connectivity index (χ1v) is 7.23. The van der Waals surface area contributed by atoms with E-state index in [1.54, 1.807) is 7.11 Å². The Balaban J connectivity index is 1.80. The van der Waals surface area contributed by atoms with Crippen molar-refractivity contribution >= 4 is 0 Å². The topological polar surface area (TPSA) is 21.3 Å². The van der Waals surface area contributed by atoms with Crippen LogP contribution in [0.4, 0.5) is 0 Å². The summed E-state index contributed by atoms with van der Waals surface area (Å²) in [5, 5.41) is 3.49. The molecule has 0 saturated carbocycles. The smallest absolute Gasteiger partial charge is 0.0587 e. The minimum atomic E-state index is 0.360. The number of benzene rings is 2. The summed E-state index contributed by atoms with van der Waals surface area (Å²) in [7, 11) is 1.74. The number of ether oxygens (including phenoxy) is 1. The number of hydrogen-bond acceptors (Lipinski definition) is 2. The molecular formula is C18H21NO. The van der Waals surface area contributed by atoms with Crippen LogP contribution in [0.25, 0.3) is 11.1 Å².